The fourth-order valence-electron chi connectivity index (χ4n) is 1.44. The Kier molecular flexibility index (Phi) is 4.55. The number of rotatable bonds is 4. The Labute approximate surface area is 120 Å². The van der Waals surface area contributed by atoms with Gasteiger partial charge in [-0.3, -0.25) is 4.79 Å². The van der Waals surface area contributed by atoms with Crippen LogP contribution in [0.5, 0.6) is 0 Å². The number of nitrogens with zero attached hydrogens (tertiary/aromatic N) is 2. The Hall–Kier alpha value is -1.40. The van der Waals surface area contributed by atoms with E-state index in [1.165, 1.54) is 35.8 Å². The van der Waals surface area contributed by atoms with Crippen molar-refractivity contribution in [3.05, 3.63) is 29.8 Å². The van der Waals surface area contributed by atoms with Gasteiger partial charge in [0.2, 0.25) is 0 Å². The lowest BCUT2D eigenvalue weighted by atomic mass is 10.2. The highest BCUT2D eigenvalue weighted by Crippen LogP contribution is 2.31. The highest BCUT2D eigenvalue weighted by molar-refractivity contribution is 8.02. The van der Waals surface area contributed by atoms with E-state index in [0.717, 1.165) is 14.9 Å². The van der Waals surface area contributed by atoms with Crippen molar-refractivity contribution in [2.45, 2.75) is 23.4 Å². The molecule has 0 aliphatic carbocycles. The molecule has 0 aliphatic rings. The number of aromatic nitrogens is 2. The van der Waals surface area contributed by atoms with Gasteiger partial charge in [0.05, 0.1) is 7.11 Å². The quantitative estimate of drug-likeness (QED) is 0.640. The number of aryl methyl sites for hydroxylation is 1. The molecule has 1 aromatic carbocycles. The minimum absolute atomic E-state index is 0.253. The van der Waals surface area contributed by atoms with Gasteiger partial charge in [-0.1, -0.05) is 52.9 Å². The summed E-state index contributed by atoms with van der Waals surface area (Å²) in [6.45, 7) is 3.84. The number of hydrogen-bond donors (Lipinski definition) is 0. The van der Waals surface area contributed by atoms with Gasteiger partial charge in [-0.2, -0.15) is 0 Å². The second-order valence-electron chi connectivity index (χ2n) is 4.02. The zero-order chi connectivity index (χ0) is 13.8. The Morgan fingerprint density at radius 3 is 2.63 bits per heavy atom. The maximum absolute atomic E-state index is 11.3. The van der Waals surface area contributed by atoms with Crippen LogP contribution in [-0.4, -0.2) is 28.5 Å². The predicted molar refractivity (Wildman–Crippen MR) is 77.4 cm³/mol. The second kappa shape index (κ2) is 6.16. The lowest BCUT2D eigenvalue weighted by Crippen LogP contribution is -2.14. The Bertz CT molecular complexity index is 566. The molecule has 0 aliphatic heterocycles. The lowest BCUT2D eigenvalue weighted by molar-refractivity contribution is -0.139. The van der Waals surface area contributed by atoms with E-state index in [0.29, 0.717) is 0 Å². The third-order valence-electron chi connectivity index (χ3n) is 2.52. The molecule has 2 rings (SSSR count). The van der Waals surface area contributed by atoms with Gasteiger partial charge < -0.3 is 4.74 Å². The first-order chi connectivity index (χ1) is 9.10. The van der Waals surface area contributed by atoms with Crippen LogP contribution in [0.1, 0.15) is 12.5 Å². The molecular formula is C13H14N2O2S2. The van der Waals surface area contributed by atoms with Crippen molar-refractivity contribution in [2.75, 3.05) is 7.11 Å². The maximum Gasteiger partial charge on any atom is 0.318 e. The van der Waals surface area contributed by atoms with Crippen molar-refractivity contribution in [1.82, 2.24) is 10.2 Å². The average Bonchev–Trinajstić information content (AvgIpc) is 2.87. The first kappa shape index (κ1) is 14.0. The zero-order valence-corrected chi connectivity index (χ0v) is 12.5. The summed E-state index contributed by atoms with van der Waals surface area (Å²) in [5, 5.41) is 8.83. The van der Waals surface area contributed by atoms with Gasteiger partial charge in [-0.25, -0.2) is 0 Å². The number of esters is 1. The molecule has 4 nitrogen and oxygen atoms in total. The van der Waals surface area contributed by atoms with Crippen LogP contribution in [0.15, 0.2) is 28.6 Å². The van der Waals surface area contributed by atoms with Gasteiger partial charge in [0.1, 0.15) is 10.3 Å². The van der Waals surface area contributed by atoms with Crippen molar-refractivity contribution < 1.29 is 9.53 Å². The molecule has 2 aromatic rings. The van der Waals surface area contributed by atoms with E-state index in [1.54, 1.807) is 6.92 Å². The van der Waals surface area contributed by atoms with Gasteiger partial charge in [0.25, 0.3) is 0 Å². The first-order valence-electron chi connectivity index (χ1n) is 5.75. The number of carbonyl (C=O) groups is 1. The number of methoxy groups -OCH3 is 1. The molecule has 0 bridgehead atoms. The molecular weight excluding hydrogens is 280 g/mol. The number of hydrogen-bond acceptors (Lipinski definition) is 6. The van der Waals surface area contributed by atoms with Gasteiger partial charge in [-0.05, 0) is 13.8 Å². The summed E-state index contributed by atoms with van der Waals surface area (Å²) in [5.74, 6) is -0.253. The van der Waals surface area contributed by atoms with Crippen molar-refractivity contribution in [3.63, 3.8) is 0 Å². The number of carbonyl (C=O) groups excluding carboxylic acids is 1. The standard InChI is InChI=1S/C13H14N2O2S2/c1-8-4-6-10(7-5-8)11-14-15-13(19-11)18-9(2)12(16)17-3/h4-7,9H,1-3H3. The fourth-order valence-corrected chi connectivity index (χ4v) is 3.46. The van der Waals surface area contributed by atoms with Crippen LogP contribution in [0.2, 0.25) is 0 Å². The van der Waals surface area contributed by atoms with Crippen LogP contribution in [0.4, 0.5) is 0 Å². The predicted octanol–water partition coefficient (Wildman–Crippen LogP) is 3.17. The largest absolute Gasteiger partial charge is 0.468 e. The lowest BCUT2D eigenvalue weighted by Gasteiger charge is -2.04. The van der Waals surface area contributed by atoms with Crippen LogP contribution >= 0.6 is 23.1 Å². The molecule has 0 radical (unpaired) electrons. The molecule has 1 atom stereocenters. The topological polar surface area (TPSA) is 52.1 Å². The molecule has 0 saturated heterocycles. The highest BCUT2D eigenvalue weighted by atomic mass is 32.2. The molecule has 0 amide bonds. The third-order valence-corrected chi connectivity index (χ3v) is 4.65. The molecule has 19 heavy (non-hydrogen) atoms. The SMILES string of the molecule is COC(=O)C(C)Sc1nnc(-c2ccc(C)cc2)s1. The smallest absolute Gasteiger partial charge is 0.318 e. The summed E-state index contributed by atoms with van der Waals surface area (Å²) < 4.78 is 5.46. The van der Waals surface area contributed by atoms with Crippen LogP contribution in [0, 0.1) is 6.92 Å². The molecule has 0 fully saturated rings. The van der Waals surface area contributed by atoms with Gasteiger partial charge in [0, 0.05) is 5.56 Å². The minimum atomic E-state index is -0.274. The minimum Gasteiger partial charge on any atom is -0.468 e. The van der Waals surface area contributed by atoms with E-state index in [-0.39, 0.29) is 11.2 Å². The molecule has 0 spiro atoms. The molecule has 1 heterocycles. The molecule has 6 heteroatoms. The highest BCUT2D eigenvalue weighted by Gasteiger charge is 2.17. The zero-order valence-electron chi connectivity index (χ0n) is 10.9. The Morgan fingerprint density at radius 1 is 1.32 bits per heavy atom. The summed E-state index contributed by atoms with van der Waals surface area (Å²) in [7, 11) is 1.39. The Morgan fingerprint density at radius 2 is 2.00 bits per heavy atom. The fraction of sp³-hybridized carbons (Fsp3) is 0.308. The van der Waals surface area contributed by atoms with E-state index in [2.05, 4.69) is 14.9 Å². The second-order valence-corrected chi connectivity index (χ2v) is 6.59. The molecule has 1 aromatic heterocycles. The van der Waals surface area contributed by atoms with Crippen molar-refractivity contribution in [3.8, 4) is 10.6 Å². The van der Waals surface area contributed by atoms with Crippen LogP contribution < -0.4 is 0 Å². The normalized spacial score (nSPS) is 12.2. The Balaban J connectivity index is 2.11. The third kappa shape index (κ3) is 3.54. The van der Waals surface area contributed by atoms with E-state index < -0.39 is 0 Å². The molecule has 0 N–H and O–H groups in total. The van der Waals surface area contributed by atoms with E-state index >= 15 is 0 Å². The monoisotopic (exact) mass is 294 g/mol. The van der Waals surface area contributed by atoms with Crippen LogP contribution in [0.25, 0.3) is 10.6 Å². The number of thioether (sulfide) groups is 1. The van der Waals surface area contributed by atoms with Gasteiger partial charge in [0.15, 0.2) is 4.34 Å². The summed E-state index contributed by atoms with van der Waals surface area (Å²) >= 11 is 2.85. The summed E-state index contributed by atoms with van der Waals surface area (Å²) in [5.41, 5.74) is 2.25. The summed E-state index contributed by atoms with van der Waals surface area (Å²) in [6, 6.07) is 8.13. The summed E-state index contributed by atoms with van der Waals surface area (Å²) in [6.07, 6.45) is 0. The van der Waals surface area contributed by atoms with Crippen molar-refractivity contribution in [1.29, 1.82) is 0 Å². The molecule has 1 unspecified atom stereocenters. The van der Waals surface area contributed by atoms with Gasteiger partial charge in [-0.15, -0.1) is 10.2 Å². The average molecular weight is 294 g/mol. The van der Waals surface area contributed by atoms with Crippen molar-refractivity contribution >= 4 is 29.1 Å². The van der Waals surface area contributed by atoms with Crippen LogP contribution in [-0.2, 0) is 9.53 Å². The molecule has 100 valence electrons. The van der Waals surface area contributed by atoms with Gasteiger partial charge >= 0.3 is 5.97 Å². The van der Waals surface area contributed by atoms with Crippen LogP contribution in [0.3, 0.4) is 0 Å². The van der Waals surface area contributed by atoms with E-state index in [4.69, 9.17) is 0 Å². The first-order valence-corrected chi connectivity index (χ1v) is 7.45. The van der Waals surface area contributed by atoms with E-state index in [9.17, 15) is 4.79 Å². The maximum atomic E-state index is 11.3. The number of ether oxygens (including phenoxy) is 1. The van der Waals surface area contributed by atoms with Crippen molar-refractivity contribution in [2.24, 2.45) is 0 Å². The molecule has 0 saturated carbocycles. The number of benzene rings is 1. The summed E-state index contributed by atoms with van der Waals surface area (Å²) in [4.78, 5) is 11.3. The van der Waals surface area contributed by atoms with E-state index in [1.807, 2.05) is 31.2 Å².